The van der Waals surface area contributed by atoms with Crippen molar-refractivity contribution in [2.75, 3.05) is 0 Å². The number of carbonyl (C=O) groups is 1. The first-order chi connectivity index (χ1) is 10.3. The zero-order valence-electron chi connectivity index (χ0n) is 11.8. The van der Waals surface area contributed by atoms with E-state index in [1.807, 2.05) is 17.0 Å². The molecule has 0 saturated heterocycles. The van der Waals surface area contributed by atoms with Crippen molar-refractivity contribution in [3.8, 4) is 0 Å². The Morgan fingerprint density at radius 1 is 1.33 bits per heavy atom. The lowest BCUT2D eigenvalue weighted by Gasteiger charge is -2.22. The summed E-state index contributed by atoms with van der Waals surface area (Å²) in [7, 11) is 0. The zero-order chi connectivity index (χ0) is 14.7. The van der Waals surface area contributed by atoms with Crippen molar-refractivity contribution in [2.24, 2.45) is 5.73 Å². The van der Waals surface area contributed by atoms with Crippen LogP contribution in [0, 0.1) is 0 Å². The van der Waals surface area contributed by atoms with Gasteiger partial charge in [-0.3, -0.25) is 14.8 Å². The van der Waals surface area contributed by atoms with Crippen LogP contribution in [0.15, 0.2) is 42.9 Å². The fourth-order valence-electron chi connectivity index (χ4n) is 2.33. The second kappa shape index (κ2) is 6.01. The minimum absolute atomic E-state index is 0.0402. The molecule has 0 spiro atoms. The van der Waals surface area contributed by atoms with Crippen LogP contribution in [0.4, 0.5) is 0 Å². The molecule has 108 valence electrons. The molecule has 3 rings (SSSR count). The maximum Gasteiger partial charge on any atom is 0.254 e. The average Bonchev–Trinajstić information content (AvgIpc) is 3.38. The van der Waals surface area contributed by atoms with Gasteiger partial charge in [0.05, 0.1) is 5.69 Å². The van der Waals surface area contributed by atoms with Gasteiger partial charge >= 0.3 is 0 Å². The normalized spacial score (nSPS) is 14.0. The molecule has 2 N–H and O–H groups in total. The molecule has 0 aromatic carbocycles. The van der Waals surface area contributed by atoms with Crippen LogP contribution in [0.2, 0.25) is 0 Å². The van der Waals surface area contributed by atoms with Gasteiger partial charge < -0.3 is 10.6 Å². The van der Waals surface area contributed by atoms with Gasteiger partial charge in [-0.1, -0.05) is 6.07 Å². The van der Waals surface area contributed by atoms with E-state index in [-0.39, 0.29) is 5.91 Å². The molecular weight excluding hydrogens is 264 g/mol. The molecule has 1 fully saturated rings. The Balaban J connectivity index is 1.81. The smallest absolute Gasteiger partial charge is 0.254 e. The van der Waals surface area contributed by atoms with E-state index >= 15 is 0 Å². The summed E-state index contributed by atoms with van der Waals surface area (Å²) in [5, 5.41) is 0. The molecule has 1 amide bonds. The number of amides is 1. The molecule has 0 unspecified atom stereocenters. The van der Waals surface area contributed by atoms with Crippen LogP contribution < -0.4 is 5.73 Å². The lowest BCUT2D eigenvalue weighted by molar-refractivity contribution is 0.0729. The standard InChI is InChI=1S/C16H18N4O/c17-9-14-8-13(5-7-19-14)16(21)20(15-3-4-15)11-12-2-1-6-18-10-12/h1-2,5-8,10,15H,3-4,9,11,17H2. The Kier molecular flexibility index (Phi) is 3.92. The van der Waals surface area contributed by atoms with Crippen molar-refractivity contribution in [2.45, 2.75) is 32.0 Å². The predicted molar refractivity (Wildman–Crippen MR) is 79.3 cm³/mol. The van der Waals surface area contributed by atoms with Crippen molar-refractivity contribution in [3.05, 3.63) is 59.7 Å². The number of nitrogens with two attached hydrogens (primary N) is 1. The van der Waals surface area contributed by atoms with E-state index in [9.17, 15) is 4.79 Å². The summed E-state index contributed by atoms with van der Waals surface area (Å²) in [6.45, 7) is 0.935. The summed E-state index contributed by atoms with van der Waals surface area (Å²) in [5.41, 5.74) is 8.03. The third-order valence-corrected chi connectivity index (χ3v) is 3.60. The third kappa shape index (κ3) is 3.25. The van der Waals surface area contributed by atoms with E-state index < -0.39 is 0 Å². The quantitative estimate of drug-likeness (QED) is 0.906. The summed E-state index contributed by atoms with van der Waals surface area (Å²) in [6, 6.07) is 7.76. The first kappa shape index (κ1) is 13.7. The van der Waals surface area contributed by atoms with Gasteiger partial charge in [0, 0.05) is 43.3 Å². The molecule has 21 heavy (non-hydrogen) atoms. The molecule has 2 heterocycles. The van der Waals surface area contributed by atoms with Gasteiger partial charge in [-0.2, -0.15) is 0 Å². The Hall–Kier alpha value is -2.27. The Bertz CT molecular complexity index is 625. The summed E-state index contributed by atoms with van der Waals surface area (Å²) in [5.74, 6) is 0.0402. The van der Waals surface area contributed by atoms with Gasteiger partial charge in [-0.25, -0.2) is 0 Å². The molecule has 0 bridgehead atoms. The third-order valence-electron chi connectivity index (χ3n) is 3.60. The SMILES string of the molecule is NCc1cc(C(=O)N(Cc2cccnc2)C2CC2)ccn1. The van der Waals surface area contributed by atoms with Crippen LogP contribution in [0.5, 0.6) is 0 Å². The summed E-state index contributed by atoms with van der Waals surface area (Å²) in [4.78, 5) is 22.9. The summed E-state index contributed by atoms with van der Waals surface area (Å²) in [6.07, 6.45) is 7.33. The van der Waals surface area contributed by atoms with E-state index in [0.717, 1.165) is 24.1 Å². The zero-order valence-corrected chi connectivity index (χ0v) is 11.8. The first-order valence-electron chi connectivity index (χ1n) is 7.13. The predicted octanol–water partition coefficient (Wildman–Crippen LogP) is 1.74. The lowest BCUT2D eigenvalue weighted by Crippen LogP contribution is -2.32. The number of hydrogen-bond donors (Lipinski definition) is 1. The fraction of sp³-hybridized carbons (Fsp3) is 0.312. The maximum absolute atomic E-state index is 12.7. The minimum Gasteiger partial charge on any atom is -0.331 e. The van der Waals surface area contributed by atoms with Crippen molar-refractivity contribution in [3.63, 3.8) is 0 Å². The van der Waals surface area contributed by atoms with Gasteiger partial charge in [-0.05, 0) is 36.6 Å². The first-order valence-corrected chi connectivity index (χ1v) is 7.13. The van der Waals surface area contributed by atoms with Gasteiger partial charge in [-0.15, -0.1) is 0 Å². The minimum atomic E-state index is 0.0402. The molecule has 0 radical (unpaired) electrons. The van der Waals surface area contributed by atoms with Crippen LogP contribution in [-0.2, 0) is 13.1 Å². The highest BCUT2D eigenvalue weighted by molar-refractivity contribution is 5.94. The van der Waals surface area contributed by atoms with Crippen molar-refractivity contribution in [1.29, 1.82) is 0 Å². The van der Waals surface area contributed by atoms with Crippen molar-refractivity contribution in [1.82, 2.24) is 14.9 Å². The molecule has 0 atom stereocenters. The van der Waals surface area contributed by atoms with Crippen LogP contribution in [0.25, 0.3) is 0 Å². The molecule has 5 nitrogen and oxygen atoms in total. The molecular formula is C16H18N4O. The summed E-state index contributed by atoms with van der Waals surface area (Å²) >= 11 is 0. The van der Waals surface area contributed by atoms with E-state index in [1.54, 1.807) is 30.7 Å². The average molecular weight is 282 g/mol. The van der Waals surface area contributed by atoms with Crippen molar-refractivity contribution < 1.29 is 4.79 Å². The van der Waals surface area contributed by atoms with Gasteiger partial charge in [0.2, 0.25) is 0 Å². The second-order valence-electron chi connectivity index (χ2n) is 5.27. The number of hydrogen-bond acceptors (Lipinski definition) is 4. The second-order valence-corrected chi connectivity index (χ2v) is 5.27. The molecule has 1 saturated carbocycles. The van der Waals surface area contributed by atoms with E-state index in [2.05, 4.69) is 9.97 Å². The number of aromatic nitrogens is 2. The number of pyridine rings is 2. The van der Waals surface area contributed by atoms with Crippen LogP contribution in [0.1, 0.15) is 34.5 Å². The molecule has 1 aliphatic rings. The highest BCUT2D eigenvalue weighted by Gasteiger charge is 2.33. The largest absolute Gasteiger partial charge is 0.331 e. The molecule has 2 aromatic heterocycles. The Morgan fingerprint density at radius 3 is 2.86 bits per heavy atom. The summed E-state index contributed by atoms with van der Waals surface area (Å²) < 4.78 is 0. The van der Waals surface area contributed by atoms with Crippen LogP contribution >= 0.6 is 0 Å². The van der Waals surface area contributed by atoms with Gasteiger partial charge in [0.1, 0.15) is 0 Å². The van der Waals surface area contributed by atoms with Crippen molar-refractivity contribution >= 4 is 5.91 Å². The van der Waals surface area contributed by atoms with E-state index in [0.29, 0.717) is 24.7 Å². The monoisotopic (exact) mass is 282 g/mol. The van der Waals surface area contributed by atoms with Crippen LogP contribution in [0.3, 0.4) is 0 Å². The highest BCUT2D eigenvalue weighted by Crippen LogP contribution is 2.29. The topological polar surface area (TPSA) is 72.1 Å². The van der Waals surface area contributed by atoms with Gasteiger partial charge in [0.25, 0.3) is 5.91 Å². The lowest BCUT2D eigenvalue weighted by atomic mass is 10.1. The fourth-order valence-corrected chi connectivity index (χ4v) is 2.33. The maximum atomic E-state index is 12.7. The highest BCUT2D eigenvalue weighted by atomic mass is 16.2. The number of carbonyl (C=O) groups excluding carboxylic acids is 1. The van der Waals surface area contributed by atoms with E-state index in [1.165, 1.54) is 0 Å². The Morgan fingerprint density at radius 2 is 2.19 bits per heavy atom. The van der Waals surface area contributed by atoms with Gasteiger partial charge in [0.15, 0.2) is 0 Å². The van der Waals surface area contributed by atoms with E-state index in [4.69, 9.17) is 5.73 Å². The number of nitrogens with zero attached hydrogens (tertiary/aromatic N) is 3. The Labute approximate surface area is 123 Å². The molecule has 2 aromatic rings. The number of rotatable bonds is 5. The molecule has 1 aliphatic carbocycles. The molecule has 0 aliphatic heterocycles. The molecule has 5 heteroatoms. The van der Waals surface area contributed by atoms with Crippen LogP contribution in [-0.4, -0.2) is 26.8 Å².